The molecule has 0 unspecified atom stereocenters. The van der Waals surface area contributed by atoms with E-state index in [1.54, 1.807) is 0 Å². The van der Waals surface area contributed by atoms with Gasteiger partial charge >= 0.3 is 5.97 Å². The van der Waals surface area contributed by atoms with Gasteiger partial charge in [0.05, 0.1) is 6.10 Å². The van der Waals surface area contributed by atoms with E-state index >= 15 is 0 Å². The molecule has 1 saturated heterocycles. The summed E-state index contributed by atoms with van der Waals surface area (Å²) in [4.78, 5) is 15.7. The Morgan fingerprint density at radius 2 is 1.56 bits per heavy atom. The second-order valence-corrected chi connectivity index (χ2v) is 7.50. The number of carboxylic acids is 1. The van der Waals surface area contributed by atoms with Gasteiger partial charge in [0.25, 0.3) is 0 Å². The number of β-amino-alcohol motifs (C(OH)–C–C–N with tert-alkyl or cyclic N) is 1. The van der Waals surface area contributed by atoms with Gasteiger partial charge in [0, 0.05) is 37.4 Å². The Morgan fingerprint density at radius 1 is 0.963 bits per heavy atom. The molecule has 2 aliphatic heterocycles. The first-order chi connectivity index (χ1) is 13.1. The van der Waals surface area contributed by atoms with Crippen molar-refractivity contribution in [2.24, 2.45) is 0 Å². The molecule has 2 N–H and O–H groups in total. The zero-order valence-corrected chi connectivity index (χ0v) is 15.4. The third kappa shape index (κ3) is 3.70. The van der Waals surface area contributed by atoms with Gasteiger partial charge in [0.15, 0.2) is 0 Å². The highest BCUT2D eigenvalue weighted by atomic mass is 16.4. The standard InChI is InChI=1S/C22H26N2O3/c25-18-14-21(22(26)27)23(15-18)12-5-13-24-19-8-3-1-6-16(19)10-11-17-7-2-4-9-20(17)24/h1-4,6-9,18,21,25H,5,10-15H2,(H,26,27)/t18-,21+/m1/s1. The third-order valence-electron chi connectivity index (χ3n) is 5.72. The van der Waals surface area contributed by atoms with Crippen LogP contribution >= 0.6 is 0 Å². The lowest BCUT2D eigenvalue weighted by atomic mass is 10.0. The van der Waals surface area contributed by atoms with Crippen molar-refractivity contribution in [3.63, 3.8) is 0 Å². The minimum absolute atomic E-state index is 0.324. The van der Waals surface area contributed by atoms with Crippen molar-refractivity contribution in [1.82, 2.24) is 4.90 Å². The van der Waals surface area contributed by atoms with Crippen LogP contribution in [0.5, 0.6) is 0 Å². The zero-order chi connectivity index (χ0) is 18.8. The number of hydrogen-bond acceptors (Lipinski definition) is 4. The average Bonchev–Trinajstić information content (AvgIpc) is 2.97. The fourth-order valence-corrected chi connectivity index (χ4v) is 4.43. The van der Waals surface area contributed by atoms with Crippen LogP contribution in [0.25, 0.3) is 0 Å². The Labute approximate surface area is 159 Å². The highest BCUT2D eigenvalue weighted by molar-refractivity contribution is 5.74. The van der Waals surface area contributed by atoms with Crippen LogP contribution < -0.4 is 4.90 Å². The molecule has 0 saturated carbocycles. The van der Waals surface area contributed by atoms with Crippen LogP contribution in [-0.4, -0.2) is 52.9 Å². The molecule has 1 fully saturated rings. The fraction of sp³-hybridized carbons (Fsp3) is 0.409. The van der Waals surface area contributed by atoms with Crippen molar-refractivity contribution in [1.29, 1.82) is 0 Å². The molecular weight excluding hydrogens is 340 g/mol. The van der Waals surface area contributed by atoms with Gasteiger partial charge in [-0.25, -0.2) is 0 Å². The Bertz CT molecular complexity index is 775. The molecule has 0 aliphatic carbocycles. The molecule has 0 radical (unpaired) electrons. The van der Waals surface area contributed by atoms with Crippen molar-refractivity contribution in [3.8, 4) is 0 Å². The molecule has 2 aliphatic rings. The average molecular weight is 366 g/mol. The summed E-state index contributed by atoms with van der Waals surface area (Å²) in [6, 6.07) is 16.5. The number of anilines is 2. The molecule has 27 heavy (non-hydrogen) atoms. The minimum Gasteiger partial charge on any atom is -0.480 e. The van der Waals surface area contributed by atoms with E-state index in [0.29, 0.717) is 19.5 Å². The molecule has 0 spiro atoms. The Hall–Kier alpha value is -2.37. The first kappa shape index (κ1) is 18.0. The Kier molecular flexibility index (Phi) is 5.14. The summed E-state index contributed by atoms with van der Waals surface area (Å²) in [6.07, 6.45) is 2.70. The molecule has 2 atom stereocenters. The number of benzene rings is 2. The maximum atomic E-state index is 11.4. The lowest BCUT2D eigenvalue weighted by molar-refractivity contribution is -0.142. The molecule has 2 heterocycles. The molecule has 0 amide bonds. The molecule has 5 heteroatoms. The predicted molar refractivity (Wildman–Crippen MR) is 106 cm³/mol. The van der Waals surface area contributed by atoms with E-state index in [9.17, 15) is 15.0 Å². The number of aliphatic carboxylic acids is 1. The summed E-state index contributed by atoms with van der Waals surface area (Å²) in [5.74, 6) is -0.836. The summed E-state index contributed by atoms with van der Waals surface area (Å²) < 4.78 is 0. The summed E-state index contributed by atoms with van der Waals surface area (Å²) in [7, 11) is 0. The molecular formula is C22H26N2O3. The van der Waals surface area contributed by atoms with E-state index in [2.05, 4.69) is 53.4 Å². The smallest absolute Gasteiger partial charge is 0.321 e. The number of nitrogens with zero attached hydrogens (tertiary/aromatic N) is 2. The van der Waals surface area contributed by atoms with Crippen LogP contribution in [0.4, 0.5) is 11.4 Å². The quantitative estimate of drug-likeness (QED) is 0.852. The third-order valence-corrected chi connectivity index (χ3v) is 5.72. The molecule has 4 rings (SSSR count). The second kappa shape index (κ2) is 7.71. The van der Waals surface area contributed by atoms with Gasteiger partial charge in [-0.05, 0) is 42.5 Å². The molecule has 0 aromatic heterocycles. The SMILES string of the molecule is O=C(O)[C@@H]1C[C@@H](O)CN1CCCN1c2ccccc2CCc2ccccc21. The van der Waals surface area contributed by atoms with E-state index in [1.807, 2.05) is 4.90 Å². The van der Waals surface area contributed by atoms with E-state index in [-0.39, 0.29) is 0 Å². The molecule has 142 valence electrons. The molecule has 2 aromatic rings. The van der Waals surface area contributed by atoms with Crippen molar-refractivity contribution in [2.75, 3.05) is 24.5 Å². The molecule has 2 aromatic carbocycles. The number of aliphatic hydroxyl groups excluding tert-OH is 1. The van der Waals surface area contributed by atoms with E-state index in [0.717, 1.165) is 25.8 Å². The second-order valence-electron chi connectivity index (χ2n) is 7.50. The largest absolute Gasteiger partial charge is 0.480 e. The Morgan fingerprint density at radius 3 is 2.15 bits per heavy atom. The highest BCUT2D eigenvalue weighted by Gasteiger charge is 2.35. The normalized spacial score (nSPS) is 22.2. The summed E-state index contributed by atoms with van der Waals surface area (Å²) in [5.41, 5.74) is 5.21. The highest BCUT2D eigenvalue weighted by Crippen LogP contribution is 2.36. The number of para-hydroxylation sites is 2. The van der Waals surface area contributed by atoms with Gasteiger partial charge in [-0.15, -0.1) is 0 Å². The van der Waals surface area contributed by atoms with Crippen LogP contribution in [0.15, 0.2) is 48.5 Å². The van der Waals surface area contributed by atoms with Crippen LogP contribution in [-0.2, 0) is 17.6 Å². The summed E-state index contributed by atoms with van der Waals surface area (Å²) >= 11 is 0. The number of carbonyl (C=O) groups is 1. The van der Waals surface area contributed by atoms with Gasteiger partial charge in [-0.3, -0.25) is 9.69 Å². The number of hydrogen-bond donors (Lipinski definition) is 2. The van der Waals surface area contributed by atoms with Crippen molar-refractivity contribution >= 4 is 17.3 Å². The number of rotatable bonds is 5. The lowest BCUT2D eigenvalue weighted by Gasteiger charge is -2.28. The van der Waals surface area contributed by atoms with E-state index in [4.69, 9.17) is 0 Å². The number of likely N-dealkylation sites (tertiary alicyclic amines) is 1. The van der Waals surface area contributed by atoms with Gasteiger partial charge in [0.2, 0.25) is 0 Å². The fourth-order valence-electron chi connectivity index (χ4n) is 4.43. The van der Waals surface area contributed by atoms with E-state index in [1.165, 1.54) is 22.5 Å². The van der Waals surface area contributed by atoms with Crippen molar-refractivity contribution in [3.05, 3.63) is 59.7 Å². The number of aliphatic hydroxyl groups is 1. The van der Waals surface area contributed by atoms with Crippen LogP contribution in [0, 0.1) is 0 Å². The Balaban J connectivity index is 1.52. The lowest BCUT2D eigenvalue weighted by Crippen LogP contribution is -2.37. The van der Waals surface area contributed by atoms with Gasteiger partial charge in [0.1, 0.15) is 6.04 Å². The topological polar surface area (TPSA) is 64.0 Å². The van der Waals surface area contributed by atoms with Crippen molar-refractivity contribution in [2.45, 2.75) is 37.8 Å². The first-order valence-corrected chi connectivity index (χ1v) is 9.72. The zero-order valence-electron chi connectivity index (χ0n) is 15.4. The maximum absolute atomic E-state index is 11.4. The number of fused-ring (bicyclic) bond motifs is 2. The van der Waals surface area contributed by atoms with Crippen LogP contribution in [0.2, 0.25) is 0 Å². The summed E-state index contributed by atoms with van der Waals surface area (Å²) in [6.45, 7) is 1.95. The maximum Gasteiger partial charge on any atom is 0.321 e. The van der Waals surface area contributed by atoms with Crippen LogP contribution in [0.1, 0.15) is 24.0 Å². The number of aryl methyl sites for hydroxylation is 2. The number of carboxylic acid groups (broad SMARTS) is 1. The first-order valence-electron chi connectivity index (χ1n) is 9.72. The van der Waals surface area contributed by atoms with Crippen LogP contribution in [0.3, 0.4) is 0 Å². The molecule has 0 bridgehead atoms. The minimum atomic E-state index is -0.836. The van der Waals surface area contributed by atoms with Gasteiger partial charge in [-0.2, -0.15) is 0 Å². The van der Waals surface area contributed by atoms with Gasteiger partial charge < -0.3 is 15.1 Å². The molecule has 5 nitrogen and oxygen atoms in total. The van der Waals surface area contributed by atoms with E-state index < -0.39 is 18.1 Å². The van der Waals surface area contributed by atoms with Gasteiger partial charge in [-0.1, -0.05) is 36.4 Å². The summed E-state index contributed by atoms with van der Waals surface area (Å²) in [5, 5.41) is 19.2. The predicted octanol–water partition coefficient (Wildman–Crippen LogP) is 2.83. The monoisotopic (exact) mass is 366 g/mol. The van der Waals surface area contributed by atoms with Crippen molar-refractivity contribution < 1.29 is 15.0 Å².